The van der Waals surface area contributed by atoms with E-state index in [9.17, 15) is 9.59 Å². The van der Waals surface area contributed by atoms with E-state index in [4.69, 9.17) is 4.74 Å². The van der Waals surface area contributed by atoms with Gasteiger partial charge in [-0.1, -0.05) is 0 Å². The van der Waals surface area contributed by atoms with Crippen LogP contribution in [0, 0.1) is 0 Å². The summed E-state index contributed by atoms with van der Waals surface area (Å²) < 4.78 is 5.14. The maximum Gasteiger partial charge on any atom is 0.324 e. The minimum atomic E-state index is -1.03. The minimum Gasteiger partial charge on any atom is -0.347 e. The second kappa shape index (κ2) is 1.94. The van der Waals surface area contributed by atoms with E-state index >= 15 is 0 Å². The van der Waals surface area contributed by atoms with Crippen LogP contribution < -0.4 is 10.6 Å². The smallest absolute Gasteiger partial charge is 0.324 e. The molecule has 0 bridgehead atoms. The van der Waals surface area contributed by atoms with E-state index in [1.54, 1.807) is 0 Å². The van der Waals surface area contributed by atoms with E-state index in [-0.39, 0.29) is 5.91 Å². The fraction of sp³-hybridized carbons (Fsp3) is 0.667. The van der Waals surface area contributed by atoms with Crippen molar-refractivity contribution in [3.8, 4) is 0 Å². The fourth-order valence-electron chi connectivity index (χ4n) is 1.39. The summed E-state index contributed by atoms with van der Waals surface area (Å²) in [7, 11) is 0. The number of rotatable bonds is 0. The molecule has 2 saturated heterocycles. The van der Waals surface area contributed by atoms with Gasteiger partial charge in [0.2, 0.25) is 5.72 Å². The highest BCUT2D eigenvalue weighted by Gasteiger charge is 2.49. The molecule has 0 aromatic carbocycles. The molecule has 5 nitrogen and oxygen atoms in total. The Morgan fingerprint density at radius 2 is 2.27 bits per heavy atom. The van der Waals surface area contributed by atoms with E-state index in [2.05, 4.69) is 10.6 Å². The Kier molecular flexibility index (Phi) is 1.17. The molecule has 2 aliphatic heterocycles. The first-order valence-corrected chi connectivity index (χ1v) is 3.50. The van der Waals surface area contributed by atoms with Crippen molar-refractivity contribution in [1.82, 2.24) is 10.6 Å². The van der Waals surface area contributed by atoms with E-state index in [1.807, 2.05) is 0 Å². The first-order chi connectivity index (χ1) is 5.23. The SMILES string of the molecule is O=C1NC(=O)C2(CCCO2)N1. The number of ether oxygens (including phenoxy) is 1. The van der Waals surface area contributed by atoms with Crippen molar-refractivity contribution in [2.24, 2.45) is 0 Å². The zero-order valence-electron chi connectivity index (χ0n) is 5.85. The zero-order chi connectivity index (χ0) is 7.90. The van der Waals surface area contributed by atoms with Gasteiger partial charge in [-0.3, -0.25) is 10.1 Å². The molecule has 2 rings (SSSR count). The van der Waals surface area contributed by atoms with Gasteiger partial charge in [0.15, 0.2) is 0 Å². The molecule has 2 fully saturated rings. The van der Waals surface area contributed by atoms with Crippen molar-refractivity contribution >= 4 is 11.9 Å². The summed E-state index contributed by atoms with van der Waals surface area (Å²) in [6, 6.07) is -0.461. The monoisotopic (exact) mass is 156 g/mol. The summed E-state index contributed by atoms with van der Waals surface area (Å²) >= 11 is 0. The fourth-order valence-corrected chi connectivity index (χ4v) is 1.39. The van der Waals surface area contributed by atoms with Crippen molar-refractivity contribution in [2.45, 2.75) is 18.6 Å². The number of nitrogens with one attached hydrogen (secondary N) is 2. The molecule has 0 aliphatic carbocycles. The van der Waals surface area contributed by atoms with Gasteiger partial charge in [-0.2, -0.15) is 0 Å². The minimum absolute atomic E-state index is 0.361. The molecule has 60 valence electrons. The van der Waals surface area contributed by atoms with Crippen LogP contribution in [0.3, 0.4) is 0 Å². The predicted molar refractivity (Wildman–Crippen MR) is 34.6 cm³/mol. The molecule has 0 radical (unpaired) electrons. The summed E-state index contributed by atoms with van der Waals surface area (Å²) in [6.45, 7) is 0.535. The first kappa shape index (κ1) is 6.60. The van der Waals surface area contributed by atoms with E-state index in [1.165, 1.54) is 0 Å². The maximum absolute atomic E-state index is 11.1. The number of urea groups is 1. The molecule has 2 N–H and O–H groups in total. The molecule has 1 atom stereocenters. The van der Waals surface area contributed by atoms with Crippen LogP contribution in [-0.4, -0.2) is 24.3 Å². The van der Waals surface area contributed by atoms with E-state index < -0.39 is 11.8 Å². The molecule has 5 heteroatoms. The molecule has 3 amide bonds. The van der Waals surface area contributed by atoms with Crippen LogP contribution in [0.25, 0.3) is 0 Å². The third kappa shape index (κ3) is 0.808. The lowest BCUT2D eigenvalue weighted by Crippen LogP contribution is -2.45. The van der Waals surface area contributed by atoms with Crippen LogP contribution in [-0.2, 0) is 9.53 Å². The summed E-state index contributed by atoms with van der Waals surface area (Å²) in [5, 5.41) is 4.59. The summed E-state index contributed by atoms with van der Waals surface area (Å²) in [6.07, 6.45) is 1.39. The van der Waals surface area contributed by atoms with Crippen LogP contribution in [0.5, 0.6) is 0 Å². The maximum atomic E-state index is 11.1. The largest absolute Gasteiger partial charge is 0.347 e. The molecule has 11 heavy (non-hydrogen) atoms. The quantitative estimate of drug-likeness (QED) is 0.457. The summed E-state index contributed by atoms with van der Waals surface area (Å²) in [4.78, 5) is 21.8. The highest BCUT2D eigenvalue weighted by atomic mass is 16.5. The third-order valence-electron chi connectivity index (χ3n) is 1.93. The normalized spacial score (nSPS) is 36.0. The second-order valence-electron chi connectivity index (χ2n) is 2.69. The molecule has 2 aliphatic rings. The number of hydrogen-bond acceptors (Lipinski definition) is 3. The van der Waals surface area contributed by atoms with Gasteiger partial charge in [0.05, 0.1) is 6.61 Å². The van der Waals surface area contributed by atoms with Gasteiger partial charge in [-0.25, -0.2) is 4.79 Å². The van der Waals surface area contributed by atoms with Gasteiger partial charge in [0.25, 0.3) is 5.91 Å². The lowest BCUT2D eigenvalue weighted by molar-refractivity contribution is -0.138. The van der Waals surface area contributed by atoms with Crippen molar-refractivity contribution in [2.75, 3.05) is 6.61 Å². The summed E-state index contributed by atoms with van der Waals surface area (Å²) in [5.41, 5.74) is -1.03. The Balaban J connectivity index is 2.24. The van der Waals surface area contributed by atoms with Gasteiger partial charge in [-0.15, -0.1) is 0 Å². The van der Waals surface area contributed by atoms with Crippen LogP contribution >= 0.6 is 0 Å². The molecule has 0 aromatic rings. The van der Waals surface area contributed by atoms with Crippen molar-refractivity contribution in [3.63, 3.8) is 0 Å². The van der Waals surface area contributed by atoms with Gasteiger partial charge in [-0.05, 0) is 6.42 Å². The van der Waals surface area contributed by atoms with E-state index in [0.29, 0.717) is 13.0 Å². The van der Waals surface area contributed by atoms with Gasteiger partial charge in [0, 0.05) is 6.42 Å². The van der Waals surface area contributed by atoms with E-state index in [0.717, 1.165) is 6.42 Å². The molecular formula is C6H8N2O3. The highest BCUT2D eigenvalue weighted by molar-refractivity contribution is 6.06. The van der Waals surface area contributed by atoms with Gasteiger partial charge < -0.3 is 10.1 Å². The van der Waals surface area contributed by atoms with Crippen molar-refractivity contribution in [3.05, 3.63) is 0 Å². The standard InChI is InChI=1S/C6H8N2O3/c9-4-6(2-1-3-11-6)8-5(10)7-4/h1-3H2,(H2,7,8,9,10). The zero-order valence-corrected chi connectivity index (χ0v) is 5.85. The topological polar surface area (TPSA) is 67.4 Å². The number of imide groups is 1. The van der Waals surface area contributed by atoms with Gasteiger partial charge in [0.1, 0.15) is 0 Å². The lowest BCUT2D eigenvalue weighted by atomic mass is 10.1. The number of carbonyl (C=O) groups excluding carboxylic acids is 2. The number of carbonyl (C=O) groups is 2. The molecule has 2 heterocycles. The Morgan fingerprint density at radius 1 is 1.45 bits per heavy atom. The Morgan fingerprint density at radius 3 is 2.73 bits per heavy atom. The number of hydrogen-bond donors (Lipinski definition) is 2. The molecule has 0 saturated carbocycles. The lowest BCUT2D eigenvalue weighted by Gasteiger charge is -2.17. The van der Waals surface area contributed by atoms with Crippen LogP contribution in [0.1, 0.15) is 12.8 Å². The Bertz CT molecular complexity index is 220. The van der Waals surface area contributed by atoms with Crippen LogP contribution in [0.4, 0.5) is 4.79 Å². The van der Waals surface area contributed by atoms with Crippen LogP contribution in [0.15, 0.2) is 0 Å². The average Bonchev–Trinajstić information content (AvgIpc) is 2.45. The van der Waals surface area contributed by atoms with Crippen LogP contribution in [0.2, 0.25) is 0 Å². The van der Waals surface area contributed by atoms with Crippen molar-refractivity contribution < 1.29 is 14.3 Å². The number of amides is 3. The Labute approximate surface area is 63.1 Å². The molecule has 0 aromatic heterocycles. The predicted octanol–water partition coefficient (Wildman–Crippen LogP) is -0.668. The summed E-state index contributed by atoms with van der Waals surface area (Å²) in [5.74, 6) is -0.361. The van der Waals surface area contributed by atoms with Gasteiger partial charge >= 0.3 is 6.03 Å². The van der Waals surface area contributed by atoms with Crippen molar-refractivity contribution in [1.29, 1.82) is 0 Å². The molecule has 1 spiro atoms. The third-order valence-corrected chi connectivity index (χ3v) is 1.93. The Hall–Kier alpha value is -1.10. The second-order valence-corrected chi connectivity index (χ2v) is 2.69. The average molecular weight is 156 g/mol. The highest BCUT2D eigenvalue weighted by Crippen LogP contribution is 2.25. The first-order valence-electron chi connectivity index (χ1n) is 3.50. The molecular weight excluding hydrogens is 148 g/mol. The molecule has 1 unspecified atom stereocenters.